The lowest BCUT2D eigenvalue weighted by Gasteiger charge is -2.18. The van der Waals surface area contributed by atoms with Crippen LogP contribution in [-0.4, -0.2) is 112 Å². The number of carboxylic acid groups (broad SMARTS) is 4. The molecule has 0 aliphatic heterocycles. The number of hydrogen-bond donors (Lipinski definition) is 9. The third-order valence-electron chi connectivity index (χ3n) is 4.92. The Kier molecular flexibility index (Phi) is 12.5. The average Bonchev–Trinajstić information content (AvgIpc) is 3.26. The molecule has 1 aromatic carbocycles. The summed E-state index contributed by atoms with van der Waals surface area (Å²) >= 11 is 0. The van der Waals surface area contributed by atoms with Crippen LogP contribution in [-0.2, 0) is 25.7 Å². The molecule has 1 atom stereocenters. The highest BCUT2D eigenvalue weighted by Gasteiger charge is 2.40. The summed E-state index contributed by atoms with van der Waals surface area (Å²) < 4.78 is 1.69. The van der Waals surface area contributed by atoms with Crippen molar-refractivity contribution >= 4 is 51.7 Å². The van der Waals surface area contributed by atoms with E-state index in [0.29, 0.717) is 16.6 Å². The SMILES string of the molecule is CNCC(=O)O.NC(=O)c1nc2ccccc2c2c1ncn2CC(O)CO.O=C(O)CC(O)(CC(=O)O)C(=O)O. The summed E-state index contributed by atoms with van der Waals surface area (Å²) in [5.74, 6) is -6.49. The molecule has 0 saturated heterocycles. The summed E-state index contributed by atoms with van der Waals surface area (Å²) in [7, 11) is 1.59. The van der Waals surface area contributed by atoms with Crippen LogP contribution >= 0.6 is 0 Å². The van der Waals surface area contributed by atoms with E-state index in [1.165, 1.54) is 6.33 Å². The first-order valence-electron chi connectivity index (χ1n) is 11.2. The number of imidazole rings is 1. The van der Waals surface area contributed by atoms with E-state index in [-0.39, 0.29) is 25.4 Å². The highest BCUT2D eigenvalue weighted by atomic mass is 16.4. The predicted molar refractivity (Wildman–Crippen MR) is 135 cm³/mol. The van der Waals surface area contributed by atoms with E-state index in [2.05, 4.69) is 15.3 Å². The minimum Gasteiger partial charge on any atom is -0.481 e. The van der Waals surface area contributed by atoms with E-state index in [0.717, 1.165) is 5.39 Å². The van der Waals surface area contributed by atoms with Gasteiger partial charge in [0.1, 0.15) is 5.52 Å². The molecule has 0 bridgehead atoms. The van der Waals surface area contributed by atoms with E-state index < -0.39 is 54.3 Å². The molecule has 0 fully saturated rings. The van der Waals surface area contributed by atoms with Gasteiger partial charge in [-0.25, -0.2) is 14.8 Å². The zero-order valence-corrected chi connectivity index (χ0v) is 21.1. The number of primary amides is 1. The van der Waals surface area contributed by atoms with Crippen molar-refractivity contribution in [3.05, 3.63) is 36.3 Å². The summed E-state index contributed by atoms with van der Waals surface area (Å²) in [6.45, 7) is -0.148. The topological polar surface area (TPSA) is 296 Å². The first kappa shape index (κ1) is 33.3. The zero-order chi connectivity index (χ0) is 30.6. The number of hydrogen-bond acceptors (Lipinski definition) is 11. The molecule has 2 heterocycles. The number of aliphatic carboxylic acids is 4. The van der Waals surface area contributed by atoms with Crippen molar-refractivity contribution in [2.24, 2.45) is 5.73 Å². The van der Waals surface area contributed by atoms with Gasteiger partial charge in [-0.05, 0) is 13.1 Å². The lowest BCUT2D eigenvalue weighted by molar-refractivity contribution is -0.170. The van der Waals surface area contributed by atoms with Gasteiger partial charge < -0.3 is 51.4 Å². The van der Waals surface area contributed by atoms with Crippen LogP contribution in [0.15, 0.2) is 30.6 Å². The summed E-state index contributed by atoms with van der Waals surface area (Å²) in [4.78, 5) is 60.0. The predicted octanol–water partition coefficient (Wildman–Crippen LogP) is -1.92. The Morgan fingerprint density at radius 3 is 2.02 bits per heavy atom. The smallest absolute Gasteiger partial charge is 0.336 e. The number of carbonyl (C=O) groups excluding carboxylic acids is 1. The summed E-state index contributed by atoms with van der Waals surface area (Å²) in [6, 6.07) is 7.31. The second-order valence-corrected chi connectivity index (χ2v) is 8.17. The summed E-state index contributed by atoms with van der Waals surface area (Å²) in [6.07, 6.45) is -1.70. The van der Waals surface area contributed by atoms with Crippen molar-refractivity contribution in [3.63, 3.8) is 0 Å². The quantitative estimate of drug-likeness (QED) is 0.122. The normalized spacial score (nSPS) is 11.5. The van der Waals surface area contributed by atoms with Gasteiger partial charge in [-0.15, -0.1) is 0 Å². The van der Waals surface area contributed by atoms with Gasteiger partial charge >= 0.3 is 23.9 Å². The van der Waals surface area contributed by atoms with Gasteiger partial charge in [0.05, 0.1) is 56.0 Å². The standard InChI is InChI=1S/C14H14N4O3.C6H8O7.C3H7NO2/c15-14(21)12-11-13(9-3-1-2-4-10(9)17-12)18(7-16-11)5-8(20)6-19;7-3(8)1-6(13,5(11)12)2-4(9)10;1-4-2-3(5)6/h1-4,7-8,19-20H,5-6H2,(H2,15,21);13H,1-2H2,(H,7,8)(H,9,10)(H,11,12);4H,2H2,1H3,(H,5,6). The second-order valence-electron chi connectivity index (χ2n) is 8.17. The molecule has 0 radical (unpaired) electrons. The number of aromatic nitrogens is 3. The lowest BCUT2D eigenvalue weighted by atomic mass is 9.96. The molecular formula is C23H29N5O12. The fourth-order valence-corrected chi connectivity index (χ4v) is 3.24. The number of carbonyl (C=O) groups is 5. The van der Waals surface area contributed by atoms with Crippen LogP contribution in [0, 0.1) is 0 Å². The molecule has 0 aliphatic rings. The minimum atomic E-state index is -2.74. The van der Waals surface area contributed by atoms with Crippen LogP contribution in [0.1, 0.15) is 23.3 Å². The Morgan fingerprint density at radius 2 is 1.60 bits per heavy atom. The minimum absolute atomic E-state index is 0.0417. The molecule has 2 aromatic heterocycles. The second kappa shape index (κ2) is 15.0. The van der Waals surface area contributed by atoms with Crippen LogP contribution in [0.3, 0.4) is 0 Å². The Bertz CT molecular complexity index is 1360. The number of para-hydroxylation sites is 1. The molecule has 0 saturated carbocycles. The van der Waals surface area contributed by atoms with Gasteiger partial charge in [0.15, 0.2) is 11.3 Å². The Hall–Kier alpha value is -4.71. The number of pyridine rings is 1. The molecule has 218 valence electrons. The number of nitrogens with two attached hydrogens (primary N) is 1. The highest BCUT2D eigenvalue weighted by Crippen LogP contribution is 2.25. The fraction of sp³-hybridized carbons (Fsp3) is 0.348. The number of aliphatic hydroxyl groups is 3. The number of nitrogens with zero attached hydrogens (tertiary/aromatic N) is 3. The number of aliphatic hydroxyl groups excluding tert-OH is 2. The van der Waals surface area contributed by atoms with E-state index in [4.69, 9.17) is 36.4 Å². The molecule has 1 unspecified atom stereocenters. The fourth-order valence-electron chi connectivity index (χ4n) is 3.24. The molecule has 1 amide bonds. The third-order valence-corrected chi connectivity index (χ3v) is 4.92. The number of likely N-dealkylation sites (N-methyl/N-ethyl adjacent to an activating group) is 1. The first-order chi connectivity index (χ1) is 18.7. The maximum Gasteiger partial charge on any atom is 0.336 e. The van der Waals surface area contributed by atoms with Gasteiger partial charge in [0.2, 0.25) is 0 Å². The molecular weight excluding hydrogens is 538 g/mol. The maximum absolute atomic E-state index is 11.6. The Morgan fingerprint density at radius 1 is 1.02 bits per heavy atom. The van der Waals surface area contributed by atoms with Gasteiger partial charge in [-0.3, -0.25) is 19.2 Å². The molecule has 0 spiro atoms. The average molecular weight is 568 g/mol. The molecule has 17 heteroatoms. The molecule has 0 aliphatic carbocycles. The molecule has 3 rings (SSSR count). The van der Waals surface area contributed by atoms with Gasteiger partial charge in [0.25, 0.3) is 5.91 Å². The number of benzene rings is 1. The van der Waals surface area contributed by atoms with Crippen LogP contribution in [0.4, 0.5) is 0 Å². The van der Waals surface area contributed by atoms with Crippen LogP contribution in [0.2, 0.25) is 0 Å². The van der Waals surface area contributed by atoms with Crippen molar-refractivity contribution in [2.45, 2.75) is 31.1 Å². The first-order valence-corrected chi connectivity index (χ1v) is 11.2. The van der Waals surface area contributed by atoms with Gasteiger partial charge in [-0.1, -0.05) is 18.2 Å². The van der Waals surface area contributed by atoms with Crippen molar-refractivity contribution in [2.75, 3.05) is 20.2 Å². The van der Waals surface area contributed by atoms with Crippen LogP contribution in [0.25, 0.3) is 21.9 Å². The highest BCUT2D eigenvalue weighted by molar-refractivity contribution is 6.11. The monoisotopic (exact) mass is 567 g/mol. The molecule has 3 aromatic rings. The Balaban J connectivity index is 0.000000360. The van der Waals surface area contributed by atoms with Crippen molar-refractivity contribution in [3.8, 4) is 0 Å². The van der Waals surface area contributed by atoms with Crippen molar-refractivity contribution in [1.82, 2.24) is 19.9 Å². The molecule has 40 heavy (non-hydrogen) atoms. The third kappa shape index (κ3) is 9.55. The number of fused-ring (bicyclic) bond motifs is 3. The van der Waals surface area contributed by atoms with Crippen molar-refractivity contribution < 1.29 is 59.7 Å². The Labute approximate surface area is 225 Å². The zero-order valence-electron chi connectivity index (χ0n) is 21.1. The summed E-state index contributed by atoms with van der Waals surface area (Å²) in [5.41, 5.74) is 4.41. The largest absolute Gasteiger partial charge is 0.481 e. The molecule has 10 N–H and O–H groups in total. The molecule has 17 nitrogen and oxygen atoms in total. The summed E-state index contributed by atoms with van der Waals surface area (Å²) in [5, 5.41) is 63.6. The lowest BCUT2D eigenvalue weighted by Crippen LogP contribution is -2.42. The van der Waals surface area contributed by atoms with Gasteiger partial charge in [0, 0.05) is 5.39 Å². The van der Waals surface area contributed by atoms with Crippen LogP contribution in [0.5, 0.6) is 0 Å². The van der Waals surface area contributed by atoms with E-state index in [9.17, 15) is 29.1 Å². The van der Waals surface area contributed by atoms with E-state index in [1.54, 1.807) is 17.7 Å². The maximum atomic E-state index is 11.6. The number of carboxylic acids is 4. The number of rotatable bonds is 11. The van der Waals surface area contributed by atoms with E-state index >= 15 is 0 Å². The number of nitrogens with one attached hydrogen (secondary N) is 1. The number of amides is 1. The van der Waals surface area contributed by atoms with Gasteiger partial charge in [-0.2, -0.15) is 0 Å². The van der Waals surface area contributed by atoms with Crippen LogP contribution < -0.4 is 11.1 Å². The van der Waals surface area contributed by atoms with Crippen molar-refractivity contribution in [1.29, 1.82) is 0 Å². The van der Waals surface area contributed by atoms with E-state index in [1.807, 2.05) is 18.2 Å².